The number of rotatable bonds is 1. The van der Waals surface area contributed by atoms with Gasteiger partial charge in [0.25, 0.3) is 0 Å². The van der Waals surface area contributed by atoms with Crippen molar-refractivity contribution in [3.8, 4) is 0 Å². The molecule has 2 N–H and O–H groups in total. The van der Waals surface area contributed by atoms with Gasteiger partial charge in [-0.25, -0.2) is 9.97 Å². The minimum Gasteiger partial charge on any atom is -0.387 e. The zero-order valence-corrected chi connectivity index (χ0v) is 10.9. The van der Waals surface area contributed by atoms with Crippen molar-refractivity contribution in [2.75, 3.05) is 24.5 Å². The molecular formula is C13H20N4O. The molecule has 0 bridgehead atoms. The molecule has 5 heteroatoms. The molecule has 1 fully saturated rings. The number of hydrogen-bond donors (Lipinski definition) is 2. The van der Waals surface area contributed by atoms with E-state index in [0.717, 1.165) is 43.1 Å². The molecule has 5 nitrogen and oxygen atoms in total. The molecule has 2 heterocycles. The van der Waals surface area contributed by atoms with Gasteiger partial charge in [0.2, 0.25) is 0 Å². The third kappa shape index (κ3) is 1.78. The molecule has 1 aliphatic carbocycles. The first kappa shape index (κ1) is 11.9. The molecule has 1 unspecified atom stereocenters. The van der Waals surface area contributed by atoms with Crippen LogP contribution in [0.4, 0.5) is 5.82 Å². The Bertz CT molecular complexity index is 451. The molecule has 0 radical (unpaired) electrons. The predicted octanol–water partition coefficient (Wildman–Crippen LogP) is 0.815. The summed E-state index contributed by atoms with van der Waals surface area (Å²) in [4.78, 5) is 11.1. The summed E-state index contributed by atoms with van der Waals surface area (Å²) in [6, 6.07) is 0.433. The lowest BCUT2D eigenvalue weighted by atomic mass is 10.0. The molecular weight excluding hydrogens is 228 g/mol. The van der Waals surface area contributed by atoms with Gasteiger partial charge in [-0.2, -0.15) is 0 Å². The number of nitrogens with zero attached hydrogens (tertiary/aromatic N) is 3. The smallest absolute Gasteiger partial charge is 0.136 e. The van der Waals surface area contributed by atoms with Gasteiger partial charge in [-0.05, 0) is 19.3 Å². The Morgan fingerprint density at radius 3 is 3.00 bits per heavy atom. The SMILES string of the molecule is CC1CNCCN1c1ncnc2c1[C@H](C)C[C@H]2O. The van der Waals surface area contributed by atoms with Crippen LogP contribution in [0.2, 0.25) is 0 Å². The van der Waals surface area contributed by atoms with Crippen LogP contribution >= 0.6 is 0 Å². The van der Waals surface area contributed by atoms with Gasteiger partial charge in [-0.1, -0.05) is 6.92 Å². The average molecular weight is 248 g/mol. The highest BCUT2D eigenvalue weighted by molar-refractivity contribution is 5.54. The molecule has 1 aliphatic heterocycles. The van der Waals surface area contributed by atoms with Gasteiger partial charge in [0.05, 0.1) is 11.8 Å². The van der Waals surface area contributed by atoms with Crippen LogP contribution in [0.1, 0.15) is 43.5 Å². The van der Waals surface area contributed by atoms with Crippen molar-refractivity contribution in [2.45, 2.75) is 38.3 Å². The highest BCUT2D eigenvalue weighted by Gasteiger charge is 2.34. The van der Waals surface area contributed by atoms with Crippen molar-refractivity contribution in [1.82, 2.24) is 15.3 Å². The normalized spacial score (nSPS) is 31.5. The summed E-state index contributed by atoms with van der Waals surface area (Å²) >= 11 is 0. The lowest BCUT2D eigenvalue weighted by Gasteiger charge is -2.36. The van der Waals surface area contributed by atoms with Crippen LogP contribution in [0.25, 0.3) is 0 Å². The third-order valence-electron chi connectivity index (χ3n) is 4.05. The van der Waals surface area contributed by atoms with Crippen LogP contribution in [0.3, 0.4) is 0 Å². The van der Waals surface area contributed by atoms with Crippen molar-refractivity contribution in [3.05, 3.63) is 17.6 Å². The Morgan fingerprint density at radius 2 is 2.22 bits per heavy atom. The Morgan fingerprint density at radius 1 is 1.39 bits per heavy atom. The standard InChI is InChI=1S/C13H20N4O/c1-8-5-10(18)12-11(8)13(16-7-15-12)17-4-3-14-6-9(17)2/h7-10,14,18H,3-6H2,1-2H3/t8-,9?,10-/m1/s1. The maximum atomic E-state index is 10.0. The summed E-state index contributed by atoms with van der Waals surface area (Å²) in [7, 11) is 0. The summed E-state index contributed by atoms with van der Waals surface area (Å²) in [6.07, 6.45) is 1.93. The number of fused-ring (bicyclic) bond motifs is 1. The number of hydrogen-bond acceptors (Lipinski definition) is 5. The monoisotopic (exact) mass is 248 g/mol. The van der Waals surface area contributed by atoms with E-state index in [1.165, 1.54) is 0 Å². The first-order valence-electron chi connectivity index (χ1n) is 6.68. The molecule has 1 aromatic heterocycles. The summed E-state index contributed by atoms with van der Waals surface area (Å²) in [5.41, 5.74) is 1.98. The van der Waals surface area contributed by atoms with Gasteiger partial charge in [0.1, 0.15) is 12.1 Å². The molecule has 0 amide bonds. The van der Waals surface area contributed by atoms with E-state index < -0.39 is 6.10 Å². The number of aliphatic hydroxyl groups is 1. The molecule has 98 valence electrons. The van der Waals surface area contributed by atoms with E-state index in [4.69, 9.17) is 0 Å². The molecule has 0 saturated carbocycles. The fourth-order valence-electron chi connectivity index (χ4n) is 3.09. The Labute approximate surface area is 107 Å². The lowest BCUT2D eigenvalue weighted by Crippen LogP contribution is -2.50. The average Bonchev–Trinajstić information content (AvgIpc) is 2.66. The van der Waals surface area contributed by atoms with Gasteiger partial charge in [-0.15, -0.1) is 0 Å². The number of aromatic nitrogens is 2. The second-order valence-electron chi connectivity index (χ2n) is 5.40. The predicted molar refractivity (Wildman–Crippen MR) is 69.7 cm³/mol. The molecule has 1 saturated heterocycles. The number of aliphatic hydroxyl groups excluding tert-OH is 1. The fraction of sp³-hybridized carbons (Fsp3) is 0.692. The molecule has 0 aromatic carbocycles. The van der Waals surface area contributed by atoms with E-state index in [-0.39, 0.29) is 0 Å². The first-order valence-corrected chi connectivity index (χ1v) is 6.68. The quantitative estimate of drug-likeness (QED) is 0.770. The third-order valence-corrected chi connectivity index (χ3v) is 4.05. The van der Waals surface area contributed by atoms with Gasteiger partial charge in [-0.3, -0.25) is 0 Å². The molecule has 0 spiro atoms. The van der Waals surface area contributed by atoms with Crippen molar-refractivity contribution in [2.24, 2.45) is 0 Å². The van der Waals surface area contributed by atoms with E-state index in [2.05, 4.69) is 34.0 Å². The summed E-state index contributed by atoms with van der Waals surface area (Å²) in [5.74, 6) is 1.37. The van der Waals surface area contributed by atoms with Crippen molar-refractivity contribution in [1.29, 1.82) is 0 Å². The van der Waals surface area contributed by atoms with Crippen LogP contribution in [0, 0.1) is 0 Å². The van der Waals surface area contributed by atoms with Crippen molar-refractivity contribution >= 4 is 5.82 Å². The second-order valence-corrected chi connectivity index (χ2v) is 5.40. The number of piperazine rings is 1. The van der Waals surface area contributed by atoms with Gasteiger partial charge in [0.15, 0.2) is 0 Å². The van der Waals surface area contributed by atoms with E-state index in [1.54, 1.807) is 6.33 Å². The van der Waals surface area contributed by atoms with E-state index >= 15 is 0 Å². The van der Waals surface area contributed by atoms with E-state index in [0.29, 0.717) is 12.0 Å². The lowest BCUT2D eigenvalue weighted by molar-refractivity contribution is 0.170. The van der Waals surface area contributed by atoms with Gasteiger partial charge in [0, 0.05) is 31.2 Å². The van der Waals surface area contributed by atoms with Crippen LogP contribution < -0.4 is 10.2 Å². The largest absolute Gasteiger partial charge is 0.387 e. The van der Waals surface area contributed by atoms with Gasteiger partial charge < -0.3 is 15.3 Å². The Kier molecular flexibility index (Phi) is 2.95. The van der Waals surface area contributed by atoms with Crippen LogP contribution in [0.15, 0.2) is 6.33 Å². The zero-order chi connectivity index (χ0) is 12.7. The zero-order valence-electron chi connectivity index (χ0n) is 10.9. The Hall–Kier alpha value is -1.20. The molecule has 18 heavy (non-hydrogen) atoms. The Balaban J connectivity index is 2.02. The maximum absolute atomic E-state index is 10.0. The second kappa shape index (κ2) is 4.48. The van der Waals surface area contributed by atoms with Crippen molar-refractivity contribution in [3.63, 3.8) is 0 Å². The molecule has 3 atom stereocenters. The molecule has 1 aromatic rings. The highest BCUT2D eigenvalue weighted by atomic mass is 16.3. The topological polar surface area (TPSA) is 61.3 Å². The summed E-state index contributed by atoms with van der Waals surface area (Å²) < 4.78 is 0. The molecule has 3 rings (SSSR count). The van der Waals surface area contributed by atoms with Crippen LogP contribution in [-0.2, 0) is 0 Å². The summed E-state index contributed by atoms with van der Waals surface area (Å²) in [5, 5.41) is 13.4. The maximum Gasteiger partial charge on any atom is 0.136 e. The fourth-order valence-corrected chi connectivity index (χ4v) is 3.09. The first-order chi connectivity index (χ1) is 8.68. The minimum absolute atomic E-state index is 0.341. The number of anilines is 1. The van der Waals surface area contributed by atoms with Crippen LogP contribution in [-0.4, -0.2) is 40.8 Å². The molecule has 2 aliphatic rings. The van der Waals surface area contributed by atoms with Gasteiger partial charge >= 0.3 is 0 Å². The van der Waals surface area contributed by atoms with Crippen molar-refractivity contribution < 1.29 is 5.11 Å². The summed E-state index contributed by atoms with van der Waals surface area (Å²) in [6.45, 7) is 7.29. The highest BCUT2D eigenvalue weighted by Crippen LogP contribution is 2.43. The minimum atomic E-state index is -0.421. The number of nitrogens with one attached hydrogen (secondary N) is 1. The van der Waals surface area contributed by atoms with E-state index in [9.17, 15) is 5.11 Å². The van der Waals surface area contributed by atoms with E-state index in [1.807, 2.05) is 0 Å². The van der Waals surface area contributed by atoms with Crippen LogP contribution in [0.5, 0.6) is 0 Å².